The Morgan fingerprint density at radius 1 is 1.33 bits per heavy atom. The number of allylic oxidation sites excluding steroid dienone is 2. The van der Waals surface area contributed by atoms with Crippen molar-refractivity contribution < 1.29 is 0 Å². The van der Waals surface area contributed by atoms with Gasteiger partial charge in [-0.1, -0.05) is 6.08 Å². The van der Waals surface area contributed by atoms with Crippen LogP contribution in [0.25, 0.3) is 0 Å². The molecular weight excluding hydrogens is 146 g/mol. The van der Waals surface area contributed by atoms with E-state index in [1.807, 2.05) is 0 Å². The Balaban J connectivity index is 2.08. The molecule has 0 aromatic carbocycles. The van der Waals surface area contributed by atoms with Crippen molar-refractivity contribution >= 4 is 0 Å². The molecule has 0 heterocycles. The molecule has 1 fully saturated rings. The van der Waals surface area contributed by atoms with Crippen molar-refractivity contribution in [2.45, 2.75) is 33.1 Å². The molecule has 1 saturated carbocycles. The zero-order chi connectivity index (χ0) is 8.55. The zero-order valence-electron chi connectivity index (χ0n) is 8.21. The van der Waals surface area contributed by atoms with Crippen LogP contribution in [-0.4, -0.2) is 18.0 Å². The fourth-order valence-electron chi connectivity index (χ4n) is 2.77. The maximum Gasteiger partial charge on any atom is 0.0146 e. The second kappa shape index (κ2) is 3.12. The van der Waals surface area contributed by atoms with E-state index >= 15 is 0 Å². The molecule has 0 aromatic heterocycles. The Labute approximate surface area is 75.4 Å². The summed E-state index contributed by atoms with van der Waals surface area (Å²) in [5.74, 6) is 1.86. The molecule has 2 bridgehead atoms. The highest BCUT2D eigenvalue weighted by Gasteiger charge is 2.34. The molecule has 0 N–H and O–H groups in total. The van der Waals surface area contributed by atoms with E-state index in [9.17, 15) is 0 Å². The lowest BCUT2D eigenvalue weighted by atomic mass is 10.0. The third-order valence-corrected chi connectivity index (χ3v) is 3.43. The predicted molar refractivity (Wildman–Crippen MR) is 51.8 cm³/mol. The molecule has 68 valence electrons. The molecule has 1 nitrogen and oxygen atoms in total. The van der Waals surface area contributed by atoms with Crippen molar-refractivity contribution in [3.05, 3.63) is 11.8 Å². The fourth-order valence-corrected chi connectivity index (χ4v) is 2.77. The Morgan fingerprint density at radius 3 is 2.50 bits per heavy atom. The van der Waals surface area contributed by atoms with Gasteiger partial charge >= 0.3 is 0 Å². The van der Waals surface area contributed by atoms with Gasteiger partial charge in [-0.2, -0.15) is 0 Å². The molecule has 0 aliphatic heterocycles. The molecule has 2 atom stereocenters. The van der Waals surface area contributed by atoms with Crippen LogP contribution in [0.5, 0.6) is 0 Å². The van der Waals surface area contributed by atoms with Crippen molar-refractivity contribution in [1.29, 1.82) is 0 Å². The monoisotopic (exact) mass is 165 g/mol. The van der Waals surface area contributed by atoms with Crippen LogP contribution in [-0.2, 0) is 0 Å². The van der Waals surface area contributed by atoms with E-state index < -0.39 is 0 Å². The highest BCUT2D eigenvalue weighted by atomic mass is 15.1. The first kappa shape index (κ1) is 8.15. The summed E-state index contributed by atoms with van der Waals surface area (Å²) in [6.07, 6.45) is 6.88. The summed E-state index contributed by atoms with van der Waals surface area (Å²) in [5.41, 5.74) is 1.66. The third kappa shape index (κ3) is 1.16. The van der Waals surface area contributed by atoms with E-state index in [2.05, 4.69) is 24.8 Å². The van der Waals surface area contributed by atoms with Crippen LogP contribution in [0, 0.1) is 11.8 Å². The number of fused-ring (bicyclic) bond motifs is 2. The first-order valence-electron chi connectivity index (χ1n) is 5.31. The van der Waals surface area contributed by atoms with Gasteiger partial charge < -0.3 is 4.90 Å². The molecule has 2 aliphatic rings. The summed E-state index contributed by atoms with van der Waals surface area (Å²) in [6.45, 7) is 6.89. The van der Waals surface area contributed by atoms with Gasteiger partial charge in [0.15, 0.2) is 0 Å². The van der Waals surface area contributed by atoms with Gasteiger partial charge in [-0.05, 0) is 44.9 Å². The molecule has 0 amide bonds. The topological polar surface area (TPSA) is 3.24 Å². The highest BCUT2D eigenvalue weighted by Crippen LogP contribution is 2.44. The number of nitrogens with zero attached hydrogens (tertiary/aromatic N) is 1. The van der Waals surface area contributed by atoms with Crippen LogP contribution in [0.3, 0.4) is 0 Å². The summed E-state index contributed by atoms with van der Waals surface area (Å²) in [7, 11) is 0. The number of rotatable bonds is 3. The zero-order valence-corrected chi connectivity index (χ0v) is 8.21. The van der Waals surface area contributed by atoms with Gasteiger partial charge in [0, 0.05) is 18.8 Å². The lowest BCUT2D eigenvalue weighted by molar-refractivity contribution is 0.335. The number of hydrogen-bond acceptors (Lipinski definition) is 1. The maximum atomic E-state index is 2.53. The van der Waals surface area contributed by atoms with Crippen molar-refractivity contribution in [1.82, 2.24) is 4.90 Å². The average Bonchev–Trinajstić information content (AvgIpc) is 2.67. The Kier molecular flexibility index (Phi) is 2.12. The molecule has 0 spiro atoms. The van der Waals surface area contributed by atoms with E-state index in [-0.39, 0.29) is 0 Å². The van der Waals surface area contributed by atoms with Gasteiger partial charge in [-0.25, -0.2) is 0 Å². The lowest BCUT2D eigenvalue weighted by Crippen LogP contribution is -2.25. The van der Waals surface area contributed by atoms with Gasteiger partial charge in [0.05, 0.1) is 0 Å². The molecule has 2 rings (SSSR count). The van der Waals surface area contributed by atoms with Crippen LogP contribution >= 0.6 is 0 Å². The standard InChI is InChI=1S/C11H19N/c1-3-12(4-2)11-8-9-5-6-10(11)7-9/h8-10H,3-7H2,1-2H3. The van der Waals surface area contributed by atoms with Gasteiger partial charge in [0.1, 0.15) is 0 Å². The normalized spacial score (nSPS) is 32.3. The average molecular weight is 165 g/mol. The minimum absolute atomic E-state index is 0.926. The summed E-state index contributed by atoms with van der Waals surface area (Å²) < 4.78 is 0. The van der Waals surface area contributed by atoms with Crippen molar-refractivity contribution in [2.75, 3.05) is 13.1 Å². The minimum atomic E-state index is 0.926. The van der Waals surface area contributed by atoms with E-state index in [0.717, 1.165) is 11.8 Å². The second-order valence-electron chi connectivity index (χ2n) is 4.03. The van der Waals surface area contributed by atoms with E-state index in [0.29, 0.717) is 0 Å². The van der Waals surface area contributed by atoms with Gasteiger partial charge in [0.25, 0.3) is 0 Å². The highest BCUT2D eigenvalue weighted by molar-refractivity contribution is 5.18. The van der Waals surface area contributed by atoms with Crippen molar-refractivity contribution in [2.24, 2.45) is 11.8 Å². The first-order chi connectivity index (χ1) is 5.85. The first-order valence-corrected chi connectivity index (χ1v) is 5.31. The maximum absolute atomic E-state index is 2.53. The second-order valence-corrected chi connectivity index (χ2v) is 4.03. The van der Waals surface area contributed by atoms with Crippen LogP contribution < -0.4 is 0 Å². The largest absolute Gasteiger partial charge is 0.375 e. The Morgan fingerprint density at radius 2 is 2.08 bits per heavy atom. The van der Waals surface area contributed by atoms with Crippen molar-refractivity contribution in [3.63, 3.8) is 0 Å². The fraction of sp³-hybridized carbons (Fsp3) is 0.818. The molecule has 1 heteroatoms. The van der Waals surface area contributed by atoms with Gasteiger partial charge in [-0.15, -0.1) is 0 Å². The molecule has 2 aliphatic carbocycles. The molecule has 0 saturated heterocycles. The number of hydrogen-bond donors (Lipinski definition) is 0. The Bertz CT molecular complexity index is 191. The SMILES string of the molecule is CCN(CC)C1=CC2CCC1C2. The minimum Gasteiger partial charge on any atom is -0.375 e. The summed E-state index contributed by atoms with van der Waals surface area (Å²) in [6, 6.07) is 0. The smallest absolute Gasteiger partial charge is 0.0146 e. The molecular formula is C11H19N. The summed E-state index contributed by atoms with van der Waals surface area (Å²) in [5, 5.41) is 0. The molecule has 0 radical (unpaired) electrons. The lowest BCUT2D eigenvalue weighted by Gasteiger charge is -2.27. The van der Waals surface area contributed by atoms with Crippen LogP contribution in [0.15, 0.2) is 11.8 Å². The van der Waals surface area contributed by atoms with E-state index in [1.165, 1.54) is 32.4 Å². The van der Waals surface area contributed by atoms with Gasteiger partial charge in [-0.3, -0.25) is 0 Å². The van der Waals surface area contributed by atoms with Crippen LogP contribution in [0.1, 0.15) is 33.1 Å². The quantitative estimate of drug-likeness (QED) is 0.621. The molecule has 0 aromatic rings. The van der Waals surface area contributed by atoms with Crippen LogP contribution in [0.4, 0.5) is 0 Å². The summed E-state index contributed by atoms with van der Waals surface area (Å²) >= 11 is 0. The molecule has 2 unspecified atom stereocenters. The van der Waals surface area contributed by atoms with Crippen molar-refractivity contribution in [3.8, 4) is 0 Å². The predicted octanol–water partition coefficient (Wildman–Crippen LogP) is 2.64. The van der Waals surface area contributed by atoms with E-state index in [4.69, 9.17) is 0 Å². The van der Waals surface area contributed by atoms with Crippen LogP contribution in [0.2, 0.25) is 0 Å². The third-order valence-electron chi connectivity index (χ3n) is 3.43. The molecule has 12 heavy (non-hydrogen) atoms. The Hall–Kier alpha value is -0.460. The van der Waals surface area contributed by atoms with Gasteiger partial charge in [0.2, 0.25) is 0 Å². The van der Waals surface area contributed by atoms with E-state index in [1.54, 1.807) is 5.70 Å². The summed E-state index contributed by atoms with van der Waals surface area (Å²) in [4.78, 5) is 2.53.